The van der Waals surface area contributed by atoms with Crippen LogP contribution in [-0.2, 0) is 4.79 Å². The lowest BCUT2D eigenvalue weighted by Crippen LogP contribution is -2.26. The van der Waals surface area contributed by atoms with Crippen molar-refractivity contribution in [1.82, 2.24) is 0 Å². The molecule has 1 rings (SSSR count). The molecule has 1 aromatic carbocycles. The van der Waals surface area contributed by atoms with E-state index in [1.807, 2.05) is 0 Å². The van der Waals surface area contributed by atoms with Crippen LogP contribution >= 0.6 is 0 Å². The van der Waals surface area contributed by atoms with Gasteiger partial charge in [-0.15, -0.1) is 0 Å². The molecule has 1 N–H and O–H groups in total. The third-order valence-electron chi connectivity index (χ3n) is 2.53. The number of aliphatic carboxylic acids is 1. The second-order valence-corrected chi connectivity index (χ2v) is 3.95. The zero-order valence-corrected chi connectivity index (χ0v) is 10.2. The number of benzene rings is 1. The molecule has 0 fully saturated rings. The highest BCUT2D eigenvalue weighted by Crippen LogP contribution is 2.25. The summed E-state index contributed by atoms with van der Waals surface area (Å²) in [7, 11) is 0. The monoisotopic (exact) mass is 236 g/mol. The molecule has 0 saturated carbocycles. The molecule has 0 aliphatic heterocycles. The van der Waals surface area contributed by atoms with Crippen LogP contribution in [0.4, 0.5) is 0 Å². The van der Waals surface area contributed by atoms with Gasteiger partial charge in [0, 0.05) is 5.56 Å². The first-order chi connectivity index (χ1) is 7.99. The minimum atomic E-state index is -0.981. The van der Waals surface area contributed by atoms with E-state index in [1.165, 1.54) is 0 Å². The lowest BCUT2D eigenvalue weighted by atomic mass is 10.1. The molecule has 1 unspecified atom stereocenters. The SMILES string of the molecule is CCC(Oc1c(C)cc(C=O)cc1C)C(=O)O. The van der Waals surface area contributed by atoms with Gasteiger partial charge in [0.05, 0.1) is 0 Å². The Morgan fingerprint density at radius 3 is 2.29 bits per heavy atom. The molecule has 0 saturated heterocycles. The van der Waals surface area contributed by atoms with Crippen molar-refractivity contribution in [2.75, 3.05) is 0 Å². The van der Waals surface area contributed by atoms with Crippen molar-refractivity contribution in [3.05, 3.63) is 28.8 Å². The molecular weight excluding hydrogens is 220 g/mol. The first-order valence-corrected chi connectivity index (χ1v) is 5.45. The molecule has 17 heavy (non-hydrogen) atoms. The van der Waals surface area contributed by atoms with Crippen LogP contribution in [0.2, 0.25) is 0 Å². The Labute approximate surface area is 100 Å². The average molecular weight is 236 g/mol. The fourth-order valence-electron chi connectivity index (χ4n) is 1.69. The molecule has 0 amide bonds. The summed E-state index contributed by atoms with van der Waals surface area (Å²) in [5.74, 6) is -0.435. The van der Waals surface area contributed by atoms with Crippen LogP contribution in [-0.4, -0.2) is 23.5 Å². The molecule has 0 spiro atoms. The molecule has 0 radical (unpaired) electrons. The number of aryl methyl sites for hydroxylation is 2. The standard InChI is InChI=1S/C13H16O4/c1-4-11(13(15)16)17-12-8(2)5-10(7-14)6-9(12)3/h5-7,11H,4H2,1-3H3,(H,15,16). The van der Waals surface area contributed by atoms with E-state index in [0.717, 1.165) is 17.4 Å². The van der Waals surface area contributed by atoms with Crippen molar-refractivity contribution in [3.63, 3.8) is 0 Å². The fraction of sp³-hybridized carbons (Fsp3) is 0.385. The Bertz CT molecular complexity index is 414. The summed E-state index contributed by atoms with van der Waals surface area (Å²) in [4.78, 5) is 21.6. The number of ether oxygens (including phenoxy) is 1. The number of carboxylic acid groups (broad SMARTS) is 1. The lowest BCUT2D eigenvalue weighted by molar-refractivity contribution is -0.145. The van der Waals surface area contributed by atoms with E-state index in [2.05, 4.69) is 0 Å². The number of aldehydes is 1. The summed E-state index contributed by atoms with van der Waals surface area (Å²) in [6.45, 7) is 5.34. The number of carboxylic acids is 1. The highest BCUT2D eigenvalue weighted by Gasteiger charge is 2.19. The Hall–Kier alpha value is -1.84. The van der Waals surface area contributed by atoms with Gasteiger partial charge < -0.3 is 9.84 Å². The maximum Gasteiger partial charge on any atom is 0.344 e. The average Bonchev–Trinajstić information content (AvgIpc) is 2.27. The van der Waals surface area contributed by atoms with Crippen molar-refractivity contribution >= 4 is 12.3 Å². The van der Waals surface area contributed by atoms with E-state index >= 15 is 0 Å². The molecule has 4 heteroatoms. The van der Waals surface area contributed by atoms with Crippen LogP contribution in [0.25, 0.3) is 0 Å². The minimum absolute atomic E-state index is 0.393. The first-order valence-electron chi connectivity index (χ1n) is 5.45. The summed E-state index contributed by atoms with van der Waals surface area (Å²) in [5.41, 5.74) is 2.11. The third-order valence-corrected chi connectivity index (χ3v) is 2.53. The number of carbonyl (C=O) groups excluding carboxylic acids is 1. The van der Waals surface area contributed by atoms with Gasteiger partial charge in [0.1, 0.15) is 12.0 Å². The van der Waals surface area contributed by atoms with Gasteiger partial charge in [-0.05, 0) is 43.5 Å². The Morgan fingerprint density at radius 2 is 1.94 bits per heavy atom. The van der Waals surface area contributed by atoms with Crippen molar-refractivity contribution in [3.8, 4) is 5.75 Å². The van der Waals surface area contributed by atoms with Gasteiger partial charge in [-0.1, -0.05) is 6.92 Å². The predicted molar refractivity (Wildman–Crippen MR) is 63.6 cm³/mol. The second kappa shape index (κ2) is 5.48. The number of carbonyl (C=O) groups is 2. The normalized spacial score (nSPS) is 11.9. The second-order valence-electron chi connectivity index (χ2n) is 3.95. The zero-order chi connectivity index (χ0) is 13.0. The van der Waals surface area contributed by atoms with Gasteiger partial charge in [0.15, 0.2) is 6.10 Å². The Balaban J connectivity index is 3.06. The zero-order valence-electron chi connectivity index (χ0n) is 10.2. The summed E-state index contributed by atoms with van der Waals surface area (Å²) >= 11 is 0. The molecule has 0 heterocycles. The maximum atomic E-state index is 10.9. The van der Waals surface area contributed by atoms with Crippen LogP contribution in [0.1, 0.15) is 34.8 Å². The summed E-state index contributed by atoms with van der Waals surface area (Å²) in [6, 6.07) is 3.37. The number of hydrogen-bond donors (Lipinski definition) is 1. The van der Waals surface area contributed by atoms with Crippen LogP contribution in [0.15, 0.2) is 12.1 Å². The van der Waals surface area contributed by atoms with Crippen LogP contribution < -0.4 is 4.74 Å². The first kappa shape index (κ1) is 13.2. The highest BCUT2D eigenvalue weighted by molar-refractivity contribution is 5.77. The predicted octanol–water partition coefficient (Wildman–Crippen LogP) is 2.36. The lowest BCUT2D eigenvalue weighted by Gasteiger charge is -2.17. The van der Waals surface area contributed by atoms with Crippen molar-refractivity contribution in [2.45, 2.75) is 33.3 Å². The molecule has 0 aliphatic rings. The van der Waals surface area contributed by atoms with Gasteiger partial charge in [0.25, 0.3) is 0 Å². The minimum Gasteiger partial charge on any atom is -0.479 e. The molecule has 1 aromatic rings. The van der Waals surface area contributed by atoms with Gasteiger partial charge in [-0.25, -0.2) is 4.79 Å². The smallest absolute Gasteiger partial charge is 0.344 e. The van der Waals surface area contributed by atoms with Crippen LogP contribution in [0, 0.1) is 13.8 Å². The fourth-order valence-corrected chi connectivity index (χ4v) is 1.69. The van der Waals surface area contributed by atoms with Crippen molar-refractivity contribution < 1.29 is 19.4 Å². The molecule has 0 aliphatic carbocycles. The van der Waals surface area contributed by atoms with Gasteiger partial charge >= 0.3 is 5.97 Å². The summed E-state index contributed by atoms with van der Waals surface area (Å²) in [5, 5.41) is 8.94. The number of rotatable bonds is 5. The van der Waals surface area contributed by atoms with E-state index in [-0.39, 0.29) is 0 Å². The molecule has 1 atom stereocenters. The number of hydrogen-bond acceptors (Lipinski definition) is 3. The van der Waals surface area contributed by atoms with E-state index < -0.39 is 12.1 Å². The largest absolute Gasteiger partial charge is 0.479 e. The van der Waals surface area contributed by atoms with E-state index in [1.54, 1.807) is 32.9 Å². The van der Waals surface area contributed by atoms with E-state index in [9.17, 15) is 9.59 Å². The van der Waals surface area contributed by atoms with Gasteiger partial charge in [-0.2, -0.15) is 0 Å². The Morgan fingerprint density at radius 1 is 1.41 bits per heavy atom. The van der Waals surface area contributed by atoms with Gasteiger partial charge in [-0.3, -0.25) is 4.79 Å². The maximum absolute atomic E-state index is 10.9. The van der Waals surface area contributed by atoms with Crippen molar-refractivity contribution in [2.24, 2.45) is 0 Å². The molecule has 0 bridgehead atoms. The molecule has 0 aromatic heterocycles. The van der Waals surface area contributed by atoms with Gasteiger partial charge in [0.2, 0.25) is 0 Å². The molecule has 4 nitrogen and oxygen atoms in total. The summed E-state index contributed by atoms with van der Waals surface area (Å²) < 4.78 is 5.47. The third kappa shape index (κ3) is 3.06. The van der Waals surface area contributed by atoms with Crippen LogP contribution in [0.5, 0.6) is 5.75 Å². The topological polar surface area (TPSA) is 63.6 Å². The van der Waals surface area contributed by atoms with Crippen molar-refractivity contribution in [1.29, 1.82) is 0 Å². The molecular formula is C13H16O4. The van der Waals surface area contributed by atoms with Crippen LogP contribution in [0.3, 0.4) is 0 Å². The van der Waals surface area contributed by atoms with E-state index in [0.29, 0.717) is 17.7 Å². The molecule has 92 valence electrons. The van der Waals surface area contributed by atoms with E-state index in [4.69, 9.17) is 9.84 Å². The quantitative estimate of drug-likeness (QED) is 0.797. The highest BCUT2D eigenvalue weighted by atomic mass is 16.5. The Kier molecular flexibility index (Phi) is 4.26. The summed E-state index contributed by atoms with van der Waals surface area (Å²) in [6.07, 6.45) is 0.302.